The van der Waals surface area contributed by atoms with E-state index in [1.807, 2.05) is 24.3 Å². The number of para-hydroxylation sites is 1. The minimum atomic E-state index is -4.30. The second-order valence-electron chi connectivity index (χ2n) is 7.61. The Hall–Kier alpha value is -2.52. The first-order valence-electron chi connectivity index (χ1n) is 9.91. The third kappa shape index (κ3) is 4.04. The fourth-order valence-electron chi connectivity index (χ4n) is 4.16. The molecule has 2 aliphatic rings. The molecule has 0 aromatic heterocycles. The Balaban J connectivity index is 1.79. The summed E-state index contributed by atoms with van der Waals surface area (Å²) in [5.74, 6) is 0.269. The van der Waals surface area contributed by atoms with Crippen LogP contribution in [0.15, 0.2) is 53.6 Å². The molecule has 2 aromatic rings. The molecular formula is C22H22F3N3O2S. The number of benzene rings is 2. The predicted molar refractivity (Wildman–Crippen MR) is 114 cm³/mol. The third-order valence-corrected chi connectivity index (χ3v) is 6.96. The molecule has 0 unspecified atom stereocenters. The Morgan fingerprint density at radius 1 is 1.29 bits per heavy atom. The molecule has 0 radical (unpaired) electrons. The smallest absolute Gasteiger partial charge is 0.393 e. The van der Waals surface area contributed by atoms with Crippen molar-refractivity contribution in [3.05, 3.63) is 65.2 Å². The molecule has 0 saturated heterocycles. The van der Waals surface area contributed by atoms with Crippen LogP contribution in [0, 0.1) is 5.92 Å². The van der Waals surface area contributed by atoms with Crippen LogP contribution in [0.5, 0.6) is 5.75 Å². The van der Waals surface area contributed by atoms with Gasteiger partial charge < -0.3 is 10.5 Å². The number of hydrazone groups is 1. The van der Waals surface area contributed by atoms with Crippen molar-refractivity contribution in [1.82, 2.24) is 5.01 Å². The molecule has 9 heteroatoms. The maximum absolute atomic E-state index is 12.9. The molecule has 2 atom stereocenters. The molecule has 1 spiro atoms. The third-order valence-electron chi connectivity index (χ3n) is 5.42. The number of carbonyl (C=O) groups excluding carboxylic acids is 1. The molecule has 2 aliphatic heterocycles. The summed E-state index contributed by atoms with van der Waals surface area (Å²) in [7, 11) is 0. The van der Waals surface area contributed by atoms with Gasteiger partial charge in [0.05, 0.1) is 13.0 Å². The van der Waals surface area contributed by atoms with E-state index in [0.29, 0.717) is 35.9 Å². The van der Waals surface area contributed by atoms with E-state index in [1.165, 1.54) is 35.8 Å². The lowest BCUT2D eigenvalue weighted by molar-refractivity contribution is -0.134. The van der Waals surface area contributed by atoms with Crippen LogP contribution in [0.25, 0.3) is 0 Å². The van der Waals surface area contributed by atoms with Crippen LogP contribution in [-0.4, -0.2) is 35.3 Å². The monoisotopic (exact) mass is 449 g/mol. The van der Waals surface area contributed by atoms with Gasteiger partial charge in [-0.15, -0.1) is 0 Å². The number of hydrogen-bond acceptors (Lipinski definition) is 5. The van der Waals surface area contributed by atoms with Gasteiger partial charge in [0, 0.05) is 24.0 Å². The van der Waals surface area contributed by atoms with Crippen molar-refractivity contribution in [2.45, 2.75) is 30.8 Å². The molecule has 0 bridgehead atoms. The van der Waals surface area contributed by atoms with Crippen LogP contribution in [0.1, 0.15) is 30.0 Å². The first-order valence-corrected chi connectivity index (χ1v) is 10.7. The molecule has 2 aromatic carbocycles. The predicted octanol–water partition coefficient (Wildman–Crippen LogP) is 4.26. The Morgan fingerprint density at radius 2 is 2.06 bits per heavy atom. The molecule has 1 amide bonds. The molecule has 0 aliphatic carbocycles. The van der Waals surface area contributed by atoms with Crippen LogP contribution in [0.3, 0.4) is 0 Å². The Kier molecular flexibility index (Phi) is 5.74. The van der Waals surface area contributed by atoms with Crippen LogP contribution in [-0.2, 0) is 16.1 Å². The Morgan fingerprint density at radius 3 is 2.77 bits per heavy atom. The van der Waals surface area contributed by atoms with Crippen molar-refractivity contribution in [1.29, 1.82) is 0 Å². The molecule has 5 nitrogen and oxygen atoms in total. The summed E-state index contributed by atoms with van der Waals surface area (Å²) in [6.45, 7) is 2.20. The van der Waals surface area contributed by atoms with E-state index in [1.54, 1.807) is 12.1 Å². The van der Waals surface area contributed by atoms with E-state index in [9.17, 15) is 18.0 Å². The lowest BCUT2D eigenvalue weighted by atomic mass is 9.86. The van der Waals surface area contributed by atoms with Gasteiger partial charge in [0.15, 0.2) is 4.87 Å². The number of rotatable bonds is 4. The minimum absolute atomic E-state index is 0.138. The normalized spacial score (nSPS) is 22.8. The van der Waals surface area contributed by atoms with E-state index < -0.39 is 17.5 Å². The summed E-state index contributed by atoms with van der Waals surface area (Å²) in [5.41, 5.74) is 7.37. The van der Waals surface area contributed by atoms with Crippen molar-refractivity contribution < 1.29 is 22.7 Å². The zero-order valence-corrected chi connectivity index (χ0v) is 17.7. The number of thioether (sulfide) groups is 1. The zero-order valence-electron chi connectivity index (χ0n) is 16.9. The van der Waals surface area contributed by atoms with Crippen molar-refractivity contribution in [3.8, 4) is 5.75 Å². The average Bonchev–Trinajstić information content (AvgIpc) is 3.11. The SMILES string of the molecule is CC(=O)N1N=C(c2cccc(CC(F)(F)F)c2)S[C@]12c1ccccc1OC[C@H]2CCN. The summed E-state index contributed by atoms with van der Waals surface area (Å²) >= 11 is 1.38. The van der Waals surface area contributed by atoms with Crippen molar-refractivity contribution in [2.24, 2.45) is 16.8 Å². The number of amides is 1. The maximum atomic E-state index is 12.9. The average molecular weight is 449 g/mol. The van der Waals surface area contributed by atoms with E-state index in [0.717, 1.165) is 5.56 Å². The van der Waals surface area contributed by atoms with E-state index >= 15 is 0 Å². The zero-order chi connectivity index (χ0) is 22.2. The molecule has 2 heterocycles. The number of nitrogens with zero attached hydrogens (tertiary/aromatic N) is 2. The van der Waals surface area contributed by atoms with Gasteiger partial charge in [0.1, 0.15) is 10.8 Å². The highest BCUT2D eigenvalue weighted by Crippen LogP contribution is 2.57. The van der Waals surface area contributed by atoms with Gasteiger partial charge in [-0.2, -0.15) is 18.3 Å². The number of hydrogen-bond donors (Lipinski definition) is 1. The lowest BCUT2D eigenvalue weighted by Crippen LogP contribution is -2.51. The highest BCUT2D eigenvalue weighted by atomic mass is 32.2. The largest absolute Gasteiger partial charge is 0.493 e. The fourth-order valence-corrected chi connectivity index (χ4v) is 5.71. The molecule has 164 valence electrons. The van der Waals surface area contributed by atoms with Gasteiger partial charge in [0.2, 0.25) is 5.91 Å². The standard InChI is InChI=1S/C22H22F3N3O2S/c1-14(29)28-22(17(9-10-26)13-30-19-8-3-2-7-18(19)22)31-20(27-28)16-6-4-5-15(11-16)12-21(23,24)25/h2-8,11,17H,9-10,12-13,26H2,1H3/t17-,22-/m1/s1. The minimum Gasteiger partial charge on any atom is -0.493 e. The summed E-state index contributed by atoms with van der Waals surface area (Å²) < 4.78 is 44.6. The number of halogens is 3. The lowest BCUT2D eigenvalue weighted by Gasteiger charge is -2.45. The summed E-state index contributed by atoms with van der Waals surface area (Å²) in [5, 5.41) is 6.54. The summed E-state index contributed by atoms with van der Waals surface area (Å²) in [6.07, 6.45) is -4.73. The molecular weight excluding hydrogens is 427 g/mol. The van der Waals surface area contributed by atoms with Crippen LogP contribution >= 0.6 is 11.8 Å². The molecule has 0 fully saturated rings. The van der Waals surface area contributed by atoms with Crippen LogP contribution < -0.4 is 10.5 Å². The highest BCUT2D eigenvalue weighted by molar-refractivity contribution is 8.15. The van der Waals surface area contributed by atoms with E-state index in [2.05, 4.69) is 5.10 Å². The first-order chi connectivity index (χ1) is 14.7. The molecule has 4 rings (SSSR count). The number of nitrogens with two attached hydrogens (primary N) is 1. The van der Waals surface area contributed by atoms with E-state index in [-0.39, 0.29) is 17.4 Å². The van der Waals surface area contributed by atoms with Crippen molar-refractivity contribution in [3.63, 3.8) is 0 Å². The van der Waals surface area contributed by atoms with Crippen molar-refractivity contribution in [2.75, 3.05) is 13.2 Å². The second-order valence-corrected chi connectivity index (χ2v) is 8.82. The van der Waals surface area contributed by atoms with Gasteiger partial charge in [0.25, 0.3) is 0 Å². The van der Waals surface area contributed by atoms with Crippen LogP contribution in [0.4, 0.5) is 13.2 Å². The topological polar surface area (TPSA) is 67.9 Å². The first kappa shape index (κ1) is 21.7. The maximum Gasteiger partial charge on any atom is 0.393 e. The number of fused-ring (bicyclic) bond motifs is 2. The van der Waals surface area contributed by atoms with Crippen molar-refractivity contribution >= 4 is 22.7 Å². The van der Waals surface area contributed by atoms with Gasteiger partial charge in [-0.3, -0.25) is 4.79 Å². The number of ether oxygens (including phenoxy) is 1. The van der Waals surface area contributed by atoms with E-state index in [4.69, 9.17) is 10.5 Å². The van der Waals surface area contributed by atoms with Crippen LogP contribution in [0.2, 0.25) is 0 Å². The quantitative estimate of drug-likeness (QED) is 0.758. The number of carbonyl (C=O) groups is 1. The molecule has 2 N–H and O–H groups in total. The highest BCUT2D eigenvalue weighted by Gasteiger charge is 2.56. The summed E-state index contributed by atoms with van der Waals surface area (Å²) in [6, 6.07) is 13.7. The van der Waals surface area contributed by atoms with Gasteiger partial charge in [-0.25, -0.2) is 5.01 Å². The fraction of sp³-hybridized carbons (Fsp3) is 0.364. The van der Waals surface area contributed by atoms with Gasteiger partial charge >= 0.3 is 6.18 Å². The number of alkyl halides is 3. The second kappa shape index (κ2) is 8.20. The molecule has 0 saturated carbocycles. The Labute approximate surface area is 182 Å². The molecule has 31 heavy (non-hydrogen) atoms. The Bertz CT molecular complexity index is 1030. The summed E-state index contributed by atoms with van der Waals surface area (Å²) in [4.78, 5) is 11.8. The van der Waals surface area contributed by atoms with Gasteiger partial charge in [-0.1, -0.05) is 48.2 Å². The van der Waals surface area contributed by atoms with Gasteiger partial charge in [-0.05, 0) is 30.7 Å².